The Morgan fingerprint density at radius 3 is 2.15 bits per heavy atom. The number of rotatable bonds is 1. The Hall–Kier alpha value is -0.0900. The van der Waals surface area contributed by atoms with Crippen LogP contribution in [-0.2, 0) is 9.84 Å². The fourth-order valence-electron chi connectivity index (χ4n) is 2.43. The molecule has 1 aliphatic carbocycles. The molecule has 2 atom stereocenters. The van der Waals surface area contributed by atoms with Gasteiger partial charge in [-0.05, 0) is 30.6 Å². The van der Waals surface area contributed by atoms with Crippen molar-refractivity contribution in [3.05, 3.63) is 0 Å². The lowest BCUT2D eigenvalue weighted by Crippen LogP contribution is -2.30. The summed E-state index contributed by atoms with van der Waals surface area (Å²) in [4.78, 5) is 0. The standard InChI is InChI=1S/C9H17NO2S/c1-9(6-8(9)10)7-2-4-13(11,12)5-3-7/h7-8H,2-6,10H2,1H3. The fourth-order valence-corrected chi connectivity index (χ4v) is 3.93. The van der Waals surface area contributed by atoms with E-state index >= 15 is 0 Å². The molecule has 1 aliphatic heterocycles. The Bertz CT molecular complexity index is 298. The lowest BCUT2D eigenvalue weighted by atomic mass is 9.85. The van der Waals surface area contributed by atoms with Crippen LogP contribution in [0.4, 0.5) is 0 Å². The topological polar surface area (TPSA) is 60.2 Å². The third-order valence-corrected chi connectivity index (χ3v) is 5.55. The van der Waals surface area contributed by atoms with E-state index in [1.54, 1.807) is 0 Å². The highest BCUT2D eigenvalue weighted by Crippen LogP contribution is 2.53. The second-order valence-electron chi connectivity index (χ2n) is 4.74. The van der Waals surface area contributed by atoms with Gasteiger partial charge in [0.25, 0.3) is 0 Å². The van der Waals surface area contributed by atoms with Crippen LogP contribution in [0, 0.1) is 11.3 Å². The number of hydrogen-bond donors (Lipinski definition) is 1. The molecule has 0 aromatic rings. The molecule has 3 nitrogen and oxygen atoms in total. The third kappa shape index (κ3) is 1.62. The van der Waals surface area contributed by atoms with Crippen molar-refractivity contribution >= 4 is 9.84 Å². The van der Waals surface area contributed by atoms with E-state index in [-0.39, 0.29) is 5.41 Å². The van der Waals surface area contributed by atoms with Crippen LogP contribution in [0.5, 0.6) is 0 Å². The van der Waals surface area contributed by atoms with Crippen molar-refractivity contribution < 1.29 is 8.42 Å². The van der Waals surface area contributed by atoms with Gasteiger partial charge in [0.2, 0.25) is 0 Å². The molecular formula is C9H17NO2S. The molecule has 13 heavy (non-hydrogen) atoms. The Kier molecular flexibility index (Phi) is 1.97. The second kappa shape index (κ2) is 2.70. The van der Waals surface area contributed by atoms with Gasteiger partial charge in [0, 0.05) is 6.04 Å². The first-order valence-electron chi connectivity index (χ1n) is 4.90. The maximum atomic E-state index is 11.2. The number of sulfone groups is 1. The quantitative estimate of drug-likeness (QED) is 0.677. The molecule has 0 bridgehead atoms. The summed E-state index contributed by atoms with van der Waals surface area (Å²) in [5, 5.41) is 0. The molecule has 0 spiro atoms. The Morgan fingerprint density at radius 2 is 1.77 bits per heavy atom. The van der Waals surface area contributed by atoms with Crippen LogP contribution < -0.4 is 5.73 Å². The van der Waals surface area contributed by atoms with E-state index in [4.69, 9.17) is 5.73 Å². The molecule has 2 unspecified atom stereocenters. The van der Waals surface area contributed by atoms with E-state index < -0.39 is 9.84 Å². The molecule has 0 amide bonds. The zero-order valence-corrected chi connectivity index (χ0v) is 8.81. The molecule has 2 rings (SSSR count). The van der Waals surface area contributed by atoms with E-state index in [0.717, 1.165) is 19.3 Å². The van der Waals surface area contributed by atoms with Crippen molar-refractivity contribution in [1.82, 2.24) is 0 Å². The van der Waals surface area contributed by atoms with Crippen LogP contribution in [0.1, 0.15) is 26.2 Å². The summed E-state index contributed by atoms with van der Waals surface area (Å²) in [6.45, 7) is 2.19. The molecule has 0 radical (unpaired) electrons. The van der Waals surface area contributed by atoms with Gasteiger partial charge in [0.1, 0.15) is 9.84 Å². The van der Waals surface area contributed by atoms with Crippen molar-refractivity contribution in [3.8, 4) is 0 Å². The molecule has 2 fully saturated rings. The van der Waals surface area contributed by atoms with Gasteiger partial charge >= 0.3 is 0 Å². The van der Waals surface area contributed by atoms with Gasteiger partial charge in [0.15, 0.2) is 0 Å². The van der Waals surface area contributed by atoms with Crippen molar-refractivity contribution in [2.75, 3.05) is 11.5 Å². The largest absolute Gasteiger partial charge is 0.327 e. The van der Waals surface area contributed by atoms with Gasteiger partial charge < -0.3 is 5.73 Å². The normalized spacial score (nSPS) is 44.6. The monoisotopic (exact) mass is 203 g/mol. The molecule has 76 valence electrons. The zero-order valence-electron chi connectivity index (χ0n) is 7.99. The van der Waals surface area contributed by atoms with Crippen LogP contribution in [0.3, 0.4) is 0 Å². The third-order valence-electron chi connectivity index (χ3n) is 3.83. The highest BCUT2D eigenvalue weighted by Gasteiger charge is 2.53. The van der Waals surface area contributed by atoms with E-state index in [9.17, 15) is 8.42 Å². The molecule has 0 aromatic carbocycles. The molecule has 1 heterocycles. The summed E-state index contributed by atoms with van der Waals surface area (Å²) in [7, 11) is -2.71. The Morgan fingerprint density at radius 1 is 1.31 bits per heavy atom. The first-order valence-corrected chi connectivity index (χ1v) is 6.72. The van der Waals surface area contributed by atoms with Crippen LogP contribution >= 0.6 is 0 Å². The molecule has 1 saturated heterocycles. The number of nitrogens with two attached hydrogens (primary N) is 1. The van der Waals surface area contributed by atoms with Crippen molar-refractivity contribution in [3.63, 3.8) is 0 Å². The maximum absolute atomic E-state index is 11.2. The average molecular weight is 203 g/mol. The second-order valence-corrected chi connectivity index (χ2v) is 7.05. The van der Waals surface area contributed by atoms with Gasteiger partial charge in [-0.15, -0.1) is 0 Å². The van der Waals surface area contributed by atoms with E-state index in [1.165, 1.54) is 0 Å². The highest BCUT2D eigenvalue weighted by molar-refractivity contribution is 7.91. The van der Waals surface area contributed by atoms with E-state index in [0.29, 0.717) is 23.5 Å². The minimum atomic E-state index is -2.71. The maximum Gasteiger partial charge on any atom is 0.150 e. The van der Waals surface area contributed by atoms with Crippen LogP contribution in [0.2, 0.25) is 0 Å². The number of hydrogen-bond acceptors (Lipinski definition) is 3. The Labute approximate surface area is 79.6 Å². The van der Waals surface area contributed by atoms with Crippen LogP contribution in [0.25, 0.3) is 0 Å². The first kappa shape index (κ1) is 9.46. The first-order chi connectivity index (χ1) is 5.94. The van der Waals surface area contributed by atoms with Crippen molar-refractivity contribution in [2.24, 2.45) is 17.1 Å². The molecule has 1 saturated carbocycles. The van der Waals surface area contributed by atoms with Gasteiger partial charge in [-0.1, -0.05) is 6.92 Å². The lowest BCUT2D eigenvalue weighted by molar-refractivity contribution is 0.298. The fraction of sp³-hybridized carbons (Fsp3) is 1.00. The minimum absolute atomic E-state index is 0.260. The Balaban J connectivity index is 2.00. The summed E-state index contributed by atoms with van der Waals surface area (Å²) >= 11 is 0. The molecule has 2 N–H and O–H groups in total. The summed E-state index contributed by atoms with van der Waals surface area (Å²) in [6, 6.07) is 0.318. The van der Waals surface area contributed by atoms with Crippen molar-refractivity contribution in [2.45, 2.75) is 32.2 Å². The van der Waals surface area contributed by atoms with Crippen molar-refractivity contribution in [1.29, 1.82) is 0 Å². The van der Waals surface area contributed by atoms with Gasteiger partial charge in [-0.25, -0.2) is 8.42 Å². The molecule has 2 aliphatic rings. The minimum Gasteiger partial charge on any atom is -0.327 e. The predicted octanol–water partition coefficient (Wildman–Crippen LogP) is 0.549. The highest BCUT2D eigenvalue weighted by atomic mass is 32.2. The molecular weight excluding hydrogens is 186 g/mol. The predicted molar refractivity (Wildman–Crippen MR) is 52.1 cm³/mol. The summed E-state index contributed by atoms with van der Waals surface area (Å²) < 4.78 is 22.4. The van der Waals surface area contributed by atoms with Gasteiger partial charge in [-0.2, -0.15) is 0 Å². The zero-order chi connectivity index (χ0) is 9.69. The molecule has 0 aromatic heterocycles. The average Bonchev–Trinajstić information content (AvgIpc) is 2.60. The summed E-state index contributed by atoms with van der Waals surface area (Å²) in [5.41, 5.74) is 6.11. The van der Waals surface area contributed by atoms with Crippen LogP contribution in [0.15, 0.2) is 0 Å². The smallest absolute Gasteiger partial charge is 0.150 e. The summed E-state index contributed by atoms with van der Waals surface area (Å²) in [6.07, 6.45) is 2.73. The molecule has 4 heteroatoms. The lowest BCUT2D eigenvalue weighted by Gasteiger charge is -2.27. The van der Waals surface area contributed by atoms with E-state index in [1.807, 2.05) is 0 Å². The summed E-state index contributed by atoms with van der Waals surface area (Å²) in [5.74, 6) is 1.30. The van der Waals surface area contributed by atoms with Crippen LogP contribution in [-0.4, -0.2) is 26.0 Å². The van der Waals surface area contributed by atoms with Gasteiger partial charge in [-0.3, -0.25) is 0 Å². The van der Waals surface area contributed by atoms with E-state index in [2.05, 4.69) is 6.92 Å². The van der Waals surface area contributed by atoms with Gasteiger partial charge in [0.05, 0.1) is 11.5 Å². The SMILES string of the molecule is CC1(C2CCS(=O)(=O)CC2)CC1N.